The topological polar surface area (TPSA) is 76.1 Å². The van der Waals surface area contributed by atoms with Crippen LogP contribution in [0.3, 0.4) is 0 Å². The lowest BCUT2D eigenvalue weighted by atomic mass is 10.0. The number of benzene rings is 1. The van der Waals surface area contributed by atoms with E-state index in [1.165, 1.54) is 5.69 Å². The van der Waals surface area contributed by atoms with Crippen molar-refractivity contribution < 1.29 is 4.52 Å². The number of rotatable bonds is 6. The van der Waals surface area contributed by atoms with Gasteiger partial charge >= 0.3 is 0 Å². The van der Waals surface area contributed by atoms with Crippen LogP contribution in [0.5, 0.6) is 0 Å². The maximum atomic E-state index is 5.32. The molecule has 1 aliphatic rings. The molecule has 0 bridgehead atoms. The molecule has 0 N–H and O–H groups in total. The standard InChI is InChI=1S/C19H25N7O/c1-3-18-22-19(27-23-18)12-24(2)15-8-10-25(11-9-15)16-4-6-17(7-5-16)26-14-20-13-21-26/h4-7,13-15H,3,8-12H2,1-2H3. The van der Waals surface area contributed by atoms with Crippen molar-refractivity contribution in [1.82, 2.24) is 29.8 Å². The van der Waals surface area contributed by atoms with Gasteiger partial charge in [0.2, 0.25) is 5.89 Å². The lowest BCUT2D eigenvalue weighted by Crippen LogP contribution is -2.43. The molecule has 2 aromatic heterocycles. The molecule has 0 spiro atoms. The zero-order valence-electron chi connectivity index (χ0n) is 15.8. The summed E-state index contributed by atoms with van der Waals surface area (Å²) in [4.78, 5) is 13.2. The monoisotopic (exact) mass is 367 g/mol. The van der Waals surface area contributed by atoms with Crippen molar-refractivity contribution in [3.63, 3.8) is 0 Å². The Morgan fingerprint density at radius 1 is 1.15 bits per heavy atom. The summed E-state index contributed by atoms with van der Waals surface area (Å²) in [7, 11) is 2.14. The molecule has 8 heteroatoms. The van der Waals surface area contributed by atoms with E-state index in [9.17, 15) is 0 Å². The van der Waals surface area contributed by atoms with Gasteiger partial charge in [0.15, 0.2) is 5.82 Å². The first-order valence-electron chi connectivity index (χ1n) is 9.44. The molecule has 0 atom stereocenters. The second-order valence-electron chi connectivity index (χ2n) is 6.95. The van der Waals surface area contributed by atoms with Gasteiger partial charge in [0, 0.05) is 31.2 Å². The smallest absolute Gasteiger partial charge is 0.240 e. The van der Waals surface area contributed by atoms with Gasteiger partial charge in [-0.2, -0.15) is 10.1 Å². The minimum atomic E-state index is 0.535. The number of hydrogen-bond donors (Lipinski definition) is 0. The average molecular weight is 367 g/mol. The molecular weight excluding hydrogens is 342 g/mol. The predicted octanol–water partition coefficient (Wildman–Crippen LogP) is 2.31. The molecular formula is C19H25N7O. The summed E-state index contributed by atoms with van der Waals surface area (Å²) in [6.07, 6.45) is 6.31. The highest BCUT2D eigenvalue weighted by atomic mass is 16.5. The molecule has 142 valence electrons. The number of aryl methyl sites for hydroxylation is 1. The Morgan fingerprint density at radius 2 is 1.89 bits per heavy atom. The van der Waals surface area contributed by atoms with Gasteiger partial charge < -0.3 is 9.42 Å². The van der Waals surface area contributed by atoms with Crippen molar-refractivity contribution in [2.75, 3.05) is 25.0 Å². The Balaban J connectivity index is 1.31. The fourth-order valence-corrected chi connectivity index (χ4v) is 3.56. The molecule has 0 saturated carbocycles. The summed E-state index contributed by atoms with van der Waals surface area (Å²) < 4.78 is 7.09. The maximum Gasteiger partial charge on any atom is 0.240 e. The summed E-state index contributed by atoms with van der Waals surface area (Å²) in [5.41, 5.74) is 2.28. The van der Waals surface area contributed by atoms with Gasteiger partial charge in [-0.3, -0.25) is 4.90 Å². The molecule has 1 aliphatic heterocycles. The number of piperidine rings is 1. The number of nitrogens with zero attached hydrogens (tertiary/aromatic N) is 7. The number of anilines is 1. The van der Waals surface area contributed by atoms with Crippen LogP contribution in [-0.2, 0) is 13.0 Å². The van der Waals surface area contributed by atoms with Crippen molar-refractivity contribution in [1.29, 1.82) is 0 Å². The molecule has 27 heavy (non-hydrogen) atoms. The minimum absolute atomic E-state index is 0.535. The van der Waals surface area contributed by atoms with Crippen LogP contribution in [0.1, 0.15) is 31.5 Å². The molecule has 1 saturated heterocycles. The Hall–Kier alpha value is -2.74. The van der Waals surface area contributed by atoms with E-state index in [1.807, 2.05) is 6.92 Å². The van der Waals surface area contributed by atoms with Gasteiger partial charge in [-0.15, -0.1) is 0 Å². The predicted molar refractivity (Wildman–Crippen MR) is 102 cm³/mol. The number of hydrogen-bond acceptors (Lipinski definition) is 7. The summed E-state index contributed by atoms with van der Waals surface area (Å²) >= 11 is 0. The lowest BCUT2D eigenvalue weighted by Gasteiger charge is -2.37. The van der Waals surface area contributed by atoms with Crippen molar-refractivity contribution in [2.24, 2.45) is 0 Å². The first-order chi connectivity index (χ1) is 13.2. The third kappa shape index (κ3) is 4.00. The Kier molecular flexibility index (Phi) is 5.15. The molecule has 3 heterocycles. The molecule has 1 fully saturated rings. The second kappa shape index (κ2) is 7.87. The molecule has 4 rings (SSSR count). The van der Waals surface area contributed by atoms with Crippen LogP contribution < -0.4 is 4.90 Å². The third-order valence-corrected chi connectivity index (χ3v) is 5.20. The van der Waals surface area contributed by atoms with E-state index in [-0.39, 0.29) is 0 Å². The van der Waals surface area contributed by atoms with Gasteiger partial charge in [-0.1, -0.05) is 12.1 Å². The average Bonchev–Trinajstić information content (AvgIpc) is 3.40. The molecule has 0 amide bonds. The highest BCUT2D eigenvalue weighted by Gasteiger charge is 2.24. The van der Waals surface area contributed by atoms with Gasteiger partial charge in [0.1, 0.15) is 12.7 Å². The van der Waals surface area contributed by atoms with E-state index >= 15 is 0 Å². The largest absolute Gasteiger partial charge is 0.371 e. The second-order valence-corrected chi connectivity index (χ2v) is 6.95. The first kappa shape index (κ1) is 17.7. The van der Waals surface area contributed by atoms with Crippen LogP contribution in [0.15, 0.2) is 41.4 Å². The number of aromatic nitrogens is 5. The normalized spacial score (nSPS) is 15.6. The summed E-state index contributed by atoms with van der Waals surface area (Å²) in [6, 6.07) is 9.02. The van der Waals surface area contributed by atoms with E-state index in [2.05, 4.69) is 61.3 Å². The van der Waals surface area contributed by atoms with E-state index in [0.717, 1.165) is 43.9 Å². The highest BCUT2D eigenvalue weighted by Crippen LogP contribution is 2.24. The van der Waals surface area contributed by atoms with Crippen LogP contribution in [0.4, 0.5) is 5.69 Å². The van der Waals surface area contributed by atoms with Gasteiger partial charge in [0.25, 0.3) is 0 Å². The molecule has 0 radical (unpaired) electrons. The quantitative estimate of drug-likeness (QED) is 0.662. The van der Waals surface area contributed by atoms with E-state index in [4.69, 9.17) is 4.52 Å². The fourth-order valence-electron chi connectivity index (χ4n) is 3.56. The molecule has 8 nitrogen and oxygen atoms in total. The Morgan fingerprint density at radius 3 is 2.52 bits per heavy atom. The van der Waals surface area contributed by atoms with Crippen LogP contribution in [0, 0.1) is 0 Å². The van der Waals surface area contributed by atoms with Crippen LogP contribution in [-0.4, -0.2) is 56.0 Å². The van der Waals surface area contributed by atoms with Crippen molar-refractivity contribution in [3.05, 3.63) is 48.6 Å². The van der Waals surface area contributed by atoms with Gasteiger partial charge in [-0.05, 0) is 44.2 Å². The molecule has 0 unspecified atom stereocenters. The van der Waals surface area contributed by atoms with E-state index < -0.39 is 0 Å². The summed E-state index contributed by atoms with van der Waals surface area (Å²) in [5, 5.41) is 8.15. The van der Waals surface area contributed by atoms with Crippen LogP contribution in [0.25, 0.3) is 5.69 Å². The molecule has 1 aromatic carbocycles. The summed E-state index contributed by atoms with van der Waals surface area (Å²) in [6.45, 7) is 4.83. The van der Waals surface area contributed by atoms with Crippen LogP contribution in [0.2, 0.25) is 0 Å². The molecule has 0 aliphatic carbocycles. The Labute approximate surface area is 158 Å². The van der Waals surface area contributed by atoms with E-state index in [0.29, 0.717) is 18.5 Å². The van der Waals surface area contributed by atoms with Crippen molar-refractivity contribution in [2.45, 2.75) is 38.8 Å². The fraction of sp³-hybridized carbons (Fsp3) is 0.474. The van der Waals surface area contributed by atoms with E-state index in [1.54, 1.807) is 17.3 Å². The zero-order valence-corrected chi connectivity index (χ0v) is 15.8. The molecule has 3 aromatic rings. The minimum Gasteiger partial charge on any atom is -0.371 e. The van der Waals surface area contributed by atoms with Crippen molar-refractivity contribution in [3.8, 4) is 5.69 Å². The van der Waals surface area contributed by atoms with Crippen molar-refractivity contribution >= 4 is 5.69 Å². The third-order valence-electron chi connectivity index (χ3n) is 5.20. The first-order valence-corrected chi connectivity index (χ1v) is 9.44. The van der Waals surface area contributed by atoms with Crippen LogP contribution >= 0.6 is 0 Å². The highest BCUT2D eigenvalue weighted by molar-refractivity contribution is 5.51. The lowest BCUT2D eigenvalue weighted by molar-refractivity contribution is 0.177. The summed E-state index contributed by atoms with van der Waals surface area (Å²) in [5.74, 6) is 1.49. The Bertz CT molecular complexity index is 835. The zero-order chi connectivity index (χ0) is 18.6. The van der Waals surface area contributed by atoms with Gasteiger partial charge in [-0.25, -0.2) is 9.67 Å². The maximum absolute atomic E-state index is 5.32. The SMILES string of the molecule is CCc1noc(CN(C)C2CCN(c3ccc(-n4cncn4)cc3)CC2)n1. The van der Waals surface area contributed by atoms with Gasteiger partial charge in [0.05, 0.1) is 12.2 Å².